The molecule has 1 aromatic carbocycles. The lowest BCUT2D eigenvalue weighted by molar-refractivity contribution is -0.124. The van der Waals surface area contributed by atoms with Crippen LogP contribution >= 0.6 is 0 Å². The Morgan fingerprint density at radius 3 is 2.10 bits per heavy atom. The quantitative estimate of drug-likeness (QED) is 0.869. The van der Waals surface area contributed by atoms with E-state index in [0.717, 1.165) is 11.3 Å². The summed E-state index contributed by atoms with van der Waals surface area (Å²) in [6.45, 7) is 8.14. The molecule has 0 fully saturated rings. The van der Waals surface area contributed by atoms with Gasteiger partial charge in [-0.25, -0.2) is 0 Å². The van der Waals surface area contributed by atoms with Crippen molar-refractivity contribution in [3.8, 4) is 0 Å². The van der Waals surface area contributed by atoms with Crippen LogP contribution in [0.5, 0.6) is 0 Å². The van der Waals surface area contributed by atoms with E-state index in [0.29, 0.717) is 0 Å². The number of carbonyl (C=O) groups excluding carboxylic acids is 2. The van der Waals surface area contributed by atoms with Crippen molar-refractivity contribution < 1.29 is 9.59 Å². The second-order valence-electron chi connectivity index (χ2n) is 6.38. The summed E-state index contributed by atoms with van der Waals surface area (Å²) >= 11 is 0. The summed E-state index contributed by atoms with van der Waals surface area (Å²) in [7, 11) is 1.75. The highest BCUT2D eigenvalue weighted by molar-refractivity contribution is 5.92. The van der Waals surface area contributed by atoms with Crippen molar-refractivity contribution in [2.45, 2.75) is 33.2 Å². The average molecular weight is 291 g/mol. The van der Waals surface area contributed by atoms with Gasteiger partial charge in [0, 0.05) is 11.2 Å². The van der Waals surface area contributed by atoms with Crippen LogP contribution in [0.25, 0.3) is 0 Å². The number of nitrogens with one attached hydrogen (secondary N) is 2. The van der Waals surface area contributed by atoms with Crippen molar-refractivity contribution >= 4 is 17.5 Å². The van der Waals surface area contributed by atoms with E-state index < -0.39 is 0 Å². The standard InChI is InChI=1S/C16H25N3O2/c1-12-6-8-13(9-7-12)17-14(20)10-19(5)11-15(21)18-16(2,3)4/h6-9H,10-11H2,1-5H3,(H,17,20)(H,18,21). The van der Waals surface area contributed by atoms with E-state index in [-0.39, 0.29) is 30.4 Å². The summed E-state index contributed by atoms with van der Waals surface area (Å²) < 4.78 is 0. The van der Waals surface area contributed by atoms with E-state index in [1.165, 1.54) is 0 Å². The number of carbonyl (C=O) groups is 2. The molecule has 0 aliphatic heterocycles. The molecule has 1 aromatic rings. The van der Waals surface area contributed by atoms with Crippen LogP contribution in [0.3, 0.4) is 0 Å². The van der Waals surface area contributed by atoms with Crippen LogP contribution in [0.15, 0.2) is 24.3 Å². The number of rotatable bonds is 5. The minimum Gasteiger partial charge on any atom is -0.350 e. The fraction of sp³-hybridized carbons (Fsp3) is 0.500. The first-order chi connectivity index (χ1) is 9.65. The van der Waals surface area contributed by atoms with Crippen LogP contribution in [-0.4, -0.2) is 42.4 Å². The molecule has 0 aliphatic carbocycles. The molecule has 21 heavy (non-hydrogen) atoms. The van der Waals surface area contributed by atoms with Crippen LogP contribution in [0.1, 0.15) is 26.3 Å². The van der Waals surface area contributed by atoms with Gasteiger partial charge in [0.2, 0.25) is 11.8 Å². The Labute approximate surface area is 126 Å². The van der Waals surface area contributed by atoms with Gasteiger partial charge in [-0.3, -0.25) is 14.5 Å². The maximum absolute atomic E-state index is 11.9. The predicted molar refractivity (Wildman–Crippen MR) is 85.2 cm³/mol. The van der Waals surface area contributed by atoms with Crippen LogP contribution in [-0.2, 0) is 9.59 Å². The van der Waals surface area contributed by atoms with E-state index in [1.54, 1.807) is 11.9 Å². The van der Waals surface area contributed by atoms with Crippen LogP contribution in [0.2, 0.25) is 0 Å². The molecule has 0 atom stereocenters. The van der Waals surface area contributed by atoms with Gasteiger partial charge in [0.05, 0.1) is 13.1 Å². The first kappa shape index (κ1) is 17.2. The number of hydrogen-bond donors (Lipinski definition) is 2. The van der Waals surface area contributed by atoms with Gasteiger partial charge < -0.3 is 10.6 Å². The minimum absolute atomic E-state index is 0.0897. The van der Waals surface area contributed by atoms with Crippen LogP contribution in [0.4, 0.5) is 5.69 Å². The van der Waals surface area contributed by atoms with E-state index in [9.17, 15) is 9.59 Å². The molecule has 0 heterocycles. The van der Waals surface area contributed by atoms with Gasteiger partial charge in [0.15, 0.2) is 0 Å². The fourth-order valence-electron chi connectivity index (χ4n) is 1.84. The van der Waals surface area contributed by atoms with E-state index in [1.807, 2.05) is 52.0 Å². The second-order valence-corrected chi connectivity index (χ2v) is 6.38. The van der Waals surface area contributed by atoms with Crippen molar-refractivity contribution in [3.63, 3.8) is 0 Å². The normalized spacial score (nSPS) is 11.3. The topological polar surface area (TPSA) is 61.4 Å². The van der Waals surface area contributed by atoms with Crippen LogP contribution < -0.4 is 10.6 Å². The number of anilines is 1. The van der Waals surface area contributed by atoms with Crippen molar-refractivity contribution in [2.24, 2.45) is 0 Å². The maximum atomic E-state index is 11.9. The van der Waals surface area contributed by atoms with Crippen molar-refractivity contribution in [2.75, 3.05) is 25.5 Å². The summed E-state index contributed by atoms with van der Waals surface area (Å²) in [5.74, 6) is -0.224. The third kappa shape index (κ3) is 7.46. The number of benzene rings is 1. The Morgan fingerprint density at radius 2 is 1.57 bits per heavy atom. The first-order valence-electron chi connectivity index (χ1n) is 7.02. The molecular weight excluding hydrogens is 266 g/mol. The monoisotopic (exact) mass is 291 g/mol. The van der Waals surface area contributed by atoms with Gasteiger partial charge in [-0.15, -0.1) is 0 Å². The number of aryl methyl sites for hydroxylation is 1. The molecule has 5 heteroatoms. The Bertz CT molecular complexity index is 489. The van der Waals surface area contributed by atoms with Crippen molar-refractivity contribution in [3.05, 3.63) is 29.8 Å². The molecule has 0 saturated carbocycles. The smallest absolute Gasteiger partial charge is 0.238 e. The molecule has 2 N–H and O–H groups in total. The van der Waals surface area contributed by atoms with E-state index in [4.69, 9.17) is 0 Å². The zero-order valence-corrected chi connectivity index (χ0v) is 13.5. The molecule has 0 radical (unpaired) electrons. The summed E-state index contributed by atoms with van der Waals surface area (Å²) in [4.78, 5) is 25.3. The van der Waals surface area contributed by atoms with Crippen LogP contribution in [0, 0.1) is 6.92 Å². The zero-order chi connectivity index (χ0) is 16.0. The van der Waals surface area contributed by atoms with Crippen molar-refractivity contribution in [1.82, 2.24) is 10.2 Å². The minimum atomic E-state index is -0.262. The SMILES string of the molecule is Cc1ccc(NC(=O)CN(C)CC(=O)NC(C)(C)C)cc1. The third-order valence-electron chi connectivity index (χ3n) is 2.68. The number of amides is 2. The summed E-state index contributed by atoms with van der Waals surface area (Å²) in [5, 5.41) is 5.68. The highest BCUT2D eigenvalue weighted by atomic mass is 16.2. The predicted octanol–water partition coefficient (Wildman–Crippen LogP) is 1.78. The molecule has 1 rings (SSSR count). The van der Waals surface area contributed by atoms with Crippen molar-refractivity contribution in [1.29, 1.82) is 0 Å². The average Bonchev–Trinajstić information content (AvgIpc) is 2.28. The second kappa shape index (κ2) is 7.22. The number of nitrogens with zero attached hydrogens (tertiary/aromatic N) is 1. The molecule has 0 saturated heterocycles. The van der Waals surface area contributed by atoms with Gasteiger partial charge in [0.1, 0.15) is 0 Å². The summed E-state index contributed by atoms with van der Waals surface area (Å²) in [6, 6.07) is 7.60. The van der Waals surface area contributed by atoms with Gasteiger partial charge >= 0.3 is 0 Å². The number of likely N-dealkylation sites (N-methyl/N-ethyl adjacent to an activating group) is 1. The highest BCUT2D eigenvalue weighted by Gasteiger charge is 2.16. The summed E-state index contributed by atoms with van der Waals surface area (Å²) in [6.07, 6.45) is 0. The lowest BCUT2D eigenvalue weighted by atomic mass is 10.1. The maximum Gasteiger partial charge on any atom is 0.238 e. The van der Waals surface area contributed by atoms with Gasteiger partial charge in [0.25, 0.3) is 0 Å². The van der Waals surface area contributed by atoms with Gasteiger partial charge in [-0.05, 0) is 46.9 Å². The Kier molecular flexibility index (Phi) is 5.90. The highest BCUT2D eigenvalue weighted by Crippen LogP contribution is 2.08. The zero-order valence-electron chi connectivity index (χ0n) is 13.5. The molecule has 116 valence electrons. The first-order valence-corrected chi connectivity index (χ1v) is 7.02. The lowest BCUT2D eigenvalue weighted by Crippen LogP contribution is -2.46. The molecule has 5 nitrogen and oxygen atoms in total. The molecule has 0 bridgehead atoms. The van der Waals surface area contributed by atoms with E-state index >= 15 is 0 Å². The Hall–Kier alpha value is -1.88. The molecule has 2 amide bonds. The fourth-order valence-corrected chi connectivity index (χ4v) is 1.84. The van der Waals surface area contributed by atoms with Gasteiger partial charge in [-0.1, -0.05) is 17.7 Å². The number of hydrogen-bond acceptors (Lipinski definition) is 3. The van der Waals surface area contributed by atoms with Gasteiger partial charge in [-0.2, -0.15) is 0 Å². The Balaban J connectivity index is 2.40. The summed E-state index contributed by atoms with van der Waals surface area (Å²) in [5.41, 5.74) is 1.64. The Morgan fingerprint density at radius 1 is 1.05 bits per heavy atom. The lowest BCUT2D eigenvalue weighted by Gasteiger charge is -2.23. The molecule has 0 aliphatic rings. The molecule has 0 aromatic heterocycles. The molecular formula is C16H25N3O2. The molecule has 0 spiro atoms. The molecule has 0 unspecified atom stereocenters. The van der Waals surface area contributed by atoms with E-state index in [2.05, 4.69) is 10.6 Å². The largest absolute Gasteiger partial charge is 0.350 e. The third-order valence-corrected chi connectivity index (χ3v) is 2.68.